The van der Waals surface area contributed by atoms with Gasteiger partial charge in [0.05, 0.1) is 11.0 Å². The Morgan fingerprint density at radius 2 is 2.17 bits per heavy atom. The van der Waals surface area contributed by atoms with Crippen molar-refractivity contribution in [3.63, 3.8) is 0 Å². The molecule has 0 radical (unpaired) electrons. The lowest BCUT2D eigenvalue weighted by Gasteiger charge is -2.12. The molecule has 18 heavy (non-hydrogen) atoms. The van der Waals surface area contributed by atoms with Crippen LogP contribution in [0.4, 0.5) is 4.39 Å². The Hall–Kier alpha value is -1.45. The van der Waals surface area contributed by atoms with E-state index in [2.05, 4.69) is 4.72 Å². The first-order valence-electron chi connectivity index (χ1n) is 5.58. The molecule has 0 aliphatic heterocycles. The van der Waals surface area contributed by atoms with E-state index in [9.17, 15) is 12.8 Å². The number of aryl methyl sites for hydroxylation is 1. The van der Waals surface area contributed by atoms with Crippen LogP contribution in [0.3, 0.4) is 0 Å². The summed E-state index contributed by atoms with van der Waals surface area (Å²) in [6.07, 6.45) is 1.10. The average molecular weight is 270 g/mol. The monoisotopic (exact) mass is 270 g/mol. The molecule has 0 heterocycles. The molecule has 0 saturated carbocycles. The fraction of sp³-hybridized carbons (Fsp3) is 0.417. The van der Waals surface area contributed by atoms with Gasteiger partial charge in [-0.25, -0.2) is 12.8 Å². The lowest BCUT2D eigenvalue weighted by molar-refractivity contribution is 0.559. The van der Waals surface area contributed by atoms with E-state index >= 15 is 0 Å². The van der Waals surface area contributed by atoms with E-state index in [1.54, 1.807) is 6.92 Å². The summed E-state index contributed by atoms with van der Waals surface area (Å²) in [5, 5.41) is 8.84. The summed E-state index contributed by atoms with van der Waals surface area (Å²) in [5.74, 6) is -0.620. The minimum absolute atomic E-state index is 0.126. The molecule has 1 unspecified atom stereocenters. The zero-order valence-corrected chi connectivity index (χ0v) is 11.1. The highest BCUT2D eigenvalue weighted by Gasteiger charge is 2.21. The quantitative estimate of drug-likeness (QED) is 0.890. The second-order valence-electron chi connectivity index (χ2n) is 4.00. The maximum Gasteiger partial charge on any atom is 0.242 e. The van der Waals surface area contributed by atoms with Crippen molar-refractivity contribution in [2.24, 2.45) is 0 Å². The van der Waals surface area contributed by atoms with Gasteiger partial charge < -0.3 is 0 Å². The highest BCUT2D eigenvalue weighted by molar-refractivity contribution is 7.89. The molecule has 0 aliphatic rings. The maximum atomic E-state index is 13.1. The number of rotatable bonds is 5. The van der Waals surface area contributed by atoms with Gasteiger partial charge in [0.1, 0.15) is 11.9 Å². The van der Waals surface area contributed by atoms with Gasteiger partial charge in [0.25, 0.3) is 0 Å². The number of sulfonamides is 1. The Balaban J connectivity index is 3.07. The molecule has 1 atom stereocenters. The second-order valence-corrected chi connectivity index (χ2v) is 5.68. The average Bonchev–Trinajstić information content (AvgIpc) is 2.31. The fourth-order valence-corrected chi connectivity index (χ4v) is 2.98. The van der Waals surface area contributed by atoms with Crippen molar-refractivity contribution in [3.05, 3.63) is 29.6 Å². The van der Waals surface area contributed by atoms with Gasteiger partial charge in [-0.15, -0.1) is 0 Å². The summed E-state index contributed by atoms with van der Waals surface area (Å²) >= 11 is 0. The van der Waals surface area contributed by atoms with Crippen LogP contribution in [0.25, 0.3) is 0 Å². The van der Waals surface area contributed by atoms with Crippen molar-refractivity contribution in [1.29, 1.82) is 5.26 Å². The molecule has 0 saturated heterocycles. The van der Waals surface area contributed by atoms with Gasteiger partial charge in [0, 0.05) is 0 Å². The Morgan fingerprint density at radius 1 is 1.50 bits per heavy atom. The molecule has 0 amide bonds. The molecule has 1 N–H and O–H groups in total. The Bertz CT molecular complexity index is 564. The van der Waals surface area contributed by atoms with Crippen LogP contribution in [0.2, 0.25) is 0 Å². The summed E-state index contributed by atoms with van der Waals surface area (Å²) in [6.45, 7) is 3.43. The third-order valence-corrected chi connectivity index (χ3v) is 4.08. The number of nitrogens with one attached hydrogen (secondary N) is 1. The van der Waals surface area contributed by atoms with Gasteiger partial charge in [-0.3, -0.25) is 0 Å². The number of hydrogen-bond donors (Lipinski definition) is 1. The van der Waals surface area contributed by atoms with E-state index < -0.39 is 21.9 Å². The minimum Gasteiger partial charge on any atom is -0.207 e. The summed E-state index contributed by atoms with van der Waals surface area (Å²) in [4.78, 5) is -0.126. The fourth-order valence-electron chi connectivity index (χ4n) is 1.55. The van der Waals surface area contributed by atoms with Crippen molar-refractivity contribution in [1.82, 2.24) is 4.72 Å². The molecule has 1 rings (SSSR count). The summed E-state index contributed by atoms with van der Waals surface area (Å²) in [5.41, 5.74) is 0.442. The first-order chi connectivity index (χ1) is 8.40. The highest BCUT2D eigenvalue weighted by atomic mass is 32.2. The highest BCUT2D eigenvalue weighted by Crippen LogP contribution is 2.17. The lowest BCUT2D eigenvalue weighted by Crippen LogP contribution is -2.34. The maximum absolute atomic E-state index is 13.1. The zero-order chi connectivity index (χ0) is 13.8. The van der Waals surface area contributed by atoms with Crippen LogP contribution in [0, 0.1) is 24.1 Å². The standard InChI is InChI=1S/C12H15FN2O2S/c1-3-4-11(8-14)15-18(16,17)12-7-10(13)6-5-9(12)2/h5-7,11,15H,3-4H2,1-2H3. The van der Waals surface area contributed by atoms with E-state index in [-0.39, 0.29) is 4.90 Å². The van der Waals surface area contributed by atoms with E-state index in [0.29, 0.717) is 18.4 Å². The molecule has 1 aromatic rings. The third kappa shape index (κ3) is 3.52. The van der Waals surface area contributed by atoms with E-state index in [1.807, 2.05) is 13.0 Å². The van der Waals surface area contributed by atoms with Gasteiger partial charge in [-0.05, 0) is 31.0 Å². The van der Waals surface area contributed by atoms with E-state index in [1.165, 1.54) is 12.1 Å². The first-order valence-corrected chi connectivity index (χ1v) is 7.07. The van der Waals surface area contributed by atoms with Crippen LogP contribution in [0.1, 0.15) is 25.3 Å². The number of benzene rings is 1. The van der Waals surface area contributed by atoms with Gasteiger partial charge in [0.15, 0.2) is 0 Å². The molecule has 0 fully saturated rings. The predicted molar refractivity (Wildman–Crippen MR) is 65.8 cm³/mol. The normalized spacial score (nSPS) is 13.0. The van der Waals surface area contributed by atoms with E-state index in [4.69, 9.17) is 5.26 Å². The molecule has 1 aromatic carbocycles. The minimum atomic E-state index is -3.86. The van der Waals surface area contributed by atoms with Crippen LogP contribution in [0.5, 0.6) is 0 Å². The zero-order valence-electron chi connectivity index (χ0n) is 10.3. The molecule has 6 heteroatoms. The van der Waals surface area contributed by atoms with Gasteiger partial charge in [-0.1, -0.05) is 19.4 Å². The van der Waals surface area contributed by atoms with Crippen LogP contribution in [0.15, 0.2) is 23.1 Å². The summed E-state index contributed by atoms with van der Waals surface area (Å²) in [6, 6.07) is 4.64. The van der Waals surface area contributed by atoms with E-state index in [0.717, 1.165) is 6.07 Å². The molecule has 0 aromatic heterocycles. The molecule has 0 aliphatic carbocycles. The van der Waals surface area contributed by atoms with Gasteiger partial charge in [0.2, 0.25) is 10.0 Å². The van der Waals surface area contributed by atoms with Crippen molar-refractivity contribution in [3.8, 4) is 6.07 Å². The Labute approximate surface area is 106 Å². The van der Waals surface area contributed by atoms with Crippen molar-refractivity contribution in [2.45, 2.75) is 37.6 Å². The number of nitriles is 1. The van der Waals surface area contributed by atoms with Gasteiger partial charge in [-0.2, -0.15) is 9.98 Å². The number of halogens is 1. The first kappa shape index (κ1) is 14.6. The van der Waals surface area contributed by atoms with Crippen LogP contribution in [-0.4, -0.2) is 14.5 Å². The van der Waals surface area contributed by atoms with Crippen LogP contribution < -0.4 is 4.72 Å². The SMILES string of the molecule is CCCC(C#N)NS(=O)(=O)c1cc(F)ccc1C. The second kappa shape index (κ2) is 5.94. The van der Waals surface area contributed by atoms with Gasteiger partial charge >= 0.3 is 0 Å². The summed E-state index contributed by atoms with van der Waals surface area (Å²) in [7, 11) is -3.86. The topological polar surface area (TPSA) is 70.0 Å². The molecular formula is C12H15FN2O2S. The smallest absolute Gasteiger partial charge is 0.207 e. The largest absolute Gasteiger partial charge is 0.242 e. The third-order valence-electron chi connectivity index (χ3n) is 2.47. The molecule has 0 spiro atoms. The van der Waals surface area contributed by atoms with Crippen molar-refractivity contribution >= 4 is 10.0 Å². The van der Waals surface area contributed by atoms with Crippen LogP contribution in [-0.2, 0) is 10.0 Å². The predicted octanol–water partition coefficient (Wildman–Crippen LogP) is 2.10. The number of nitrogens with zero attached hydrogens (tertiary/aromatic N) is 1. The lowest BCUT2D eigenvalue weighted by atomic mass is 10.2. The Kier molecular flexibility index (Phi) is 4.82. The number of hydrogen-bond acceptors (Lipinski definition) is 3. The Morgan fingerprint density at radius 3 is 2.72 bits per heavy atom. The molecular weight excluding hydrogens is 255 g/mol. The van der Waals surface area contributed by atoms with Crippen molar-refractivity contribution in [2.75, 3.05) is 0 Å². The van der Waals surface area contributed by atoms with Crippen LogP contribution >= 0.6 is 0 Å². The van der Waals surface area contributed by atoms with Crippen molar-refractivity contribution < 1.29 is 12.8 Å². The molecule has 4 nitrogen and oxygen atoms in total. The summed E-state index contributed by atoms with van der Waals surface area (Å²) < 4.78 is 39.4. The molecule has 0 bridgehead atoms. The molecule has 98 valence electrons.